The number of unbranched alkanes of at least 4 members (excludes halogenated alkanes) is 15. The van der Waals surface area contributed by atoms with Gasteiger partial charge in [0.1, 0.15) is 0 Å². The molecule has 2 atom stereocenters. The van der Waals surface area contributed by atoms with Crippen molar-refractivity contribution >= 4 is 16.0 Å². The fourth-order valence-corrected chi connectivity index (χ4v) is 4.65. The first-order valence-corrected chi connectivity index (χ1v) is 15.0. The van der Waals surface area contributed by atoms with E-state index in [2.05, 4.69) is 19.2 Å². The van der Waals surface area contributed by atoms with E-state index < -0.39 is 28.0 Å². The molecule has 1 amide bonds. The molecule has 6 nitrogen and oxygen atoms in total. The third kappa shape index (κ3) is 22.6. The molecule has 0 heterocycles. The molecule has 33 heavy (non-hydrogen) atoms. The monoisotopic (exact) mass is 489 g/mol. The molecule has 0 rings (SSSR count). The van der Waals surface area contributed by atoms with Gasteiger partial charge in [0.05, 0.1) is 17.9 Å². The van der Waals surface area contributed by atoms with Crippen LogP contribution in [0.4, 0.5) is 0 Å². The molecular weight excluding hydrogens is 438 g/mol. The van der Waals surface area contributed by atoms with Gasteiger partial charge in [-0.05, 0) is 19.3 Å². The summed E-state index contributed by atoms with van der Waals surface area (Å²) in [6.07, 6.45) is 22.1. The molecule has 7 heteroatoms. The van der Waals surface area contributed by atoms with Gasteiger partial charge in [-0.2, -0.15) is 8.42 Å². The fraction of sp³-hybridized carbons (Fsp3) is 0.885. The Balaban J connectivity index is 4.21. The van der Waals surface area contributed by atoms with Crippen molar-refractivity contribution < 1.29 is 22.9 Å². The second kappa shape index (κ2) is 21.6. The highest BCUT2D eigenvalue weighted by Crippen LogP contribution is 2.11. The number of allylic oxidation sites excluding steroid dienone is 1. The summed E-state index contributed by atoms with van der Waals surface area (Å²) in [6.45, 7) is 4.40. The predicted octanol–water partition coefficient (Wildman–Crippen LogP) is 6.34. The van der Waals surface area contributed by atoms with E-state index in [1.807, 2.05) is 6.08 Å². The van der Waals surface area contributed by atoms with Crippen LogP contribution in [0.15, 0.2) is 12.2 Å². The van der Waals surface area contributed by atoms with Crippen LogP contribution in [0, 0.1) is 0 Å². The van der Waals surface area contributed by atoms with Crippen LogP contribution in [0.1, 0.15) is 129 Å². The highest BCUT2D eigenvalue weighted by Gasteiger charge is 2.24. The smallest absolute Gasteiger partial charge is 0.267 e. The number of rotatable bonds is 23. The van der Waals surface area contributed by atoms with Crippen molar-refractivity contribution in [2.45, 2.75) is 142 Å². The van der Waals surface area contributed by atoms with Gasteiger partial charge in [-0.1, -0.05) is 116 Å². The molecule has 0 bridgehead atoms. The molecule has 0 aliphatic carbocycles. The first kappa shape index (κ1) is 32.1. The molecule has 0 aliphatic heterocycles. The summed E-state index contributed by atoms with van der Waals surface area (Å²) in [7, 11) is -4.32. The third-order valence-electron chi connectivity index (χ3n) is 5.96. The Morgan fingerprint density at radius 2 is 1.24 bits per heavy atom. The zero-order valence-corrected chi connectivity index (χ0v) is 22.1. The standard InChI is InChI=1S/C26H51NO5S/c1-3-5-7-9-11-13-14-15-17-19-21-25(28)24(23-33(30,31)32)27-26(29)22-20-18-16-12-10-8-6-4-2/h19,21,24-25,28H,3-18,20,22-23H2,1-2H3,(H,27,29)(H,30,31,32)/b21-19+. The van der Waals surface area contributed by atoms with Crippen LogP contribution in [-0.2, 0) is 14.9 Å². The topological polar surface area (TPSA) is 104 Å². The Hall–Kier alpha value is -0.920. The second-order valence-electron chi connectivity index (χ2n) is 9.33. The molecule has 0 radical (unpaired) electrons. The van der Waals surface area contributed by atoms with Gasteiger partial charge in [0.15, 0.2) is 0 Å². The summed E-state index contributed by atoms with van der Waals surface area (Å²) in [4.78, 5) is 12.2. The van der Waals surface area contributed by atoms with Crippen molar-refractivity contribution in [3.63, 3.8) is 0 Å². The Morgan fingerprint density at radius 1 is 0.788 bits per heavy atom. The van der Waals surface area contributed by atoms with Crippen molar-refractivity contribution in [1.82, 2.24) is 5.32 Å². The van der Waals surface area contributed by atoms with E-state index in [0.29, 0.717) is 6.42 Å². The van der Waals surface area contributed by atoms with E-state index in [1.54, 1.807) is 0 Å². The summed E-state index contributed by atoms with van der Waals surface area (Å²) in [5, 5.41) is 13.0. The maximum absolute atomic E-state index is 12.2. The lowest BCUT2D eigenvalue weighted by Gasteiger charge is -2.21. The van der Waals surface area contributed by atoms with Crippen molar-refractivity contribution in [3.05, 3.63) is 12.2 Å². The Bertz CT molecular complexity index is 591. The fourth-order valence-electron chi connectivity index (χ4n) is 3.92. The summed E-state index contributed by atoms with van der Waals surface area (Å²) >= 11 is 0. The molecule has 0 aromatic carbocycles. The number of aliphatic hydroxyl groups excluding tert-OH is 1. The third-order valence-corrected chi connectivity index (χ3v) is 6.74. The van der Waals surface area contributed by atoms with Gasteiger partial charge in [-0.3, -0.25) is 9.35 Å². The second-order valence-corrected chi connectivity index (χ2v) is 10.8. The maximum Gasteiger partial charge on any atom is 0.267 e. The van der Waals surface area contributed by atoms with E-state index >= 15 is 0 Å². The molecule has 196 valence electrons. The molecule has 0 aromatic heterocycles. The largest absolute Gasteiger partial charge is 0.387 e. The van der Waals surface area contributed by atoms with E-state index in [-0.39, 0.29) is 5.91 Å². The lowest BCUT2D eigenvalue weighted by Crippen LogP contribution is -2.46. The first-order chi connectivity index (χ1) is 15.8. The van der Waals surface area contributed by atoms with Crippen LogP contribution in [0.2, 0.25) is 0 Å². The number of nitrogens with one attached hydrogen (secondary N) is 1. The summed E-state index contributed by atoms with van der Waals surface area (Å²) < 4.78 is 31.9. The minimum Gasteiger partial charge on any atom is -0.387 e. The maximum atomic E-state index is 12.2. The van der Waals surface area contributed by atoms with Gasteiger partial charge in [0.25, 0.3) is 10.1 Å². The average Bonchev–Trinajstić information content (AvgIpc) is 2.75. The average molecular weight is 490 g/mol. The van der Waals surface area contributed by atoms with E-state index in [4.69, 9.17) is 0 Å². The van der Waals surface area contributed by atoms with E-state index in [0.717, 1.165) is 38.5 Å². The molecule has 2 unspecified atom stereocenters. The van der Waals surface area contributed by atoms with Crippen LogP contribution in [0.25, 0.3) is 0 Å². The van der Waals surface area contributed by atoms with Crippen LogP contribution in [-0.4, -0.2) is 41.9 Å². The zero-order valence-electron chi connectivity index (χ0n) is 21.3. The molecule has 0 aromatic rings. The number of carbonyl (C=O) groups excluding carboxylic acids is 1. The SMILES string of the molecule is CCCCCCCCCC/C=C/C(O)C(CS(=O)(=O)O)NC(=O)CCCCCCCCCC. The number of hydrogen-bond acceptors (Lipinski definition) is 4. The molecule has 0 saturated heterocycles. The van der Waals surface area contributed by atoms with Gasteiger partial charge in [0, 0.05) is 6.42 Å². The summed E-state index contributed by atoms with van der Waals surface area (Å²) in [5.74, 6) is -0.982. The minimum atomic E-state index is -4.32. The number of aliphatic hydroxyl groups is 1. The van der Waals surface area contributed by atoms with Crippen molar-refractivity contribution in [3.8, 4) is 0 Å². The zero-order chi connectivity index (χ0) is 24.8. The van der Waals surface area contributed by atoms with Crippen LogP contribution in [0.5, 0.6) is 0 Å². The van der Waals surface area contributed by atoms with Crippen LogP contribution < -0.4 is 5.32 Å². The minimum absolute atomic E-state index is 0.287. The molecule has 0 fully saturated rings. The Labute approximate surface area is 203 Å². The number of amides is 1. The Kier molecular flexibility index (Phi) is 21.0. The van der Waals surface area contributed by atoms with Gasteiger partial charge in [0.2, 0.25) is 5.91 Å². The highest BCUT2D eigenvalue weighted by molar-refractivity contribution is 7.85. The molecule has 3 N–H and O–H groups in total. The quantitative estimate of drug-likeness (QED) is 0.0883. The van der Waals surface area contributed by atoms with Crippen molar-refractivity contribution in [2.24, 2.45) is 0 Å². The lowest BCUT2D eigenvalue weighted by molar-refractivity contribution is -0.122. The van der Waals surface area contributed by atoms with E-state index in [1.165, 1.54) is 76.7 Å². The molecule has 0 spiro atoms. The van der Waals surface area contributed by atoms with Crippen LogP contribution >= 0.6 is 0 Å². The predicted molar refractivity (Wildman–Crippen MR) is 138 cm³/mol. The van der Waals surface area contributed by atoms with E-state index in [9.17, 15) is 22.9 Å². The van der Waals surface area contributed by atoms with Crippen molar-refractivity contribution in [2.75, 3.05) is 5.75 Å². The van der Waals surface area contributed by atoms with Crippen molar-refractivity contribution in [1.29, 1.82) is 0 Å². The van der Waals surface area contributed by atoms with Gasteiger partial charge < -0.3 is 10.4 Å². The number of carbonyl (C=O) groups is 1. The first-order valence-electron chi connectivity index (χ1n) is 13.4. The van der Waals surface area contributed by atoms with Gasteiger partial charge >= 0.3 is 0 Å². The summed E-state index contributed by atoms with van der Waals surface area (Å²) in [5.41, 5.74) is 0. The number of hydrogen-bond donors (Lipinski definition) is 3. The lowest BCUT2D eigenvalue weighted by atomic mass is 10.1. The molecule has 0 saturated carbocycles. The summed E-state index contributed by atoms with van der Waals surface area (Å²) in [6, 6.07) is -1.05. The Morgan fingerprint density at radius 3 is 1.73 bits per heavy atom. The van der Waals surface area contributed by atoms with Gasteiger partial charge in [-0.15, -0.1) is 0 Å². The van der Waals surface area contributed by atoms with Crippen LogP contribution in [0.3, 0.4) is 0 Å². The normalized spacial score (nSPS) is 13.9. The molecular formula is C26H51NO5S. The molecule has 0 aliphatic rings. The van der Waals surface area contributed by atoms with Gasteiger partial charge in [-0.25, -0.2) is 0 Å². The highest BCUT2D eigenvalue weighted by atomic mass is 32.2.